The lowest BCUT2D eigenvalue weighted by Crippen LogP contribution is -2.48. The van der Waals surface area contributed by atoms with E-state index in [0.29, 0.717) is 23.4 Å². The zero-order chi connectivity index (χ0) is 16.4. The van der Waals surface area contributed by atoms with Gasteiger partial charge in [-0.05, 0) is 61.1 Å². The topological polar surface area (TPSA) is 26.3 Å². The van der Waals surface area contributed by atoms with E-state index in [4.69, 9.17) is 4.43 Å². The standard InChI is InChI=1S/C19H36O2Si/c1-6-22(7-2,8-3)21-18-10-9-13-19(5)16(15(4)14-20)11-12-17(18)19/h14-18H,6-13H2,1-5H3/t15-,16+,17-,18-,19?/m0/s1. The molecule has 3 heteroatoms. The van der Waals surface area contributed by atoms with Crippen LogP contribution in [0.5, 0.6) is 0 Å². The molecule has 1 unspecified atom stereocenters. The van der Waals surface area contributed by atoms with Crippen LogP contribution in [0.25, 0.3) is 0 Å². The fourth-order valence-electron chi connectivity index (χ4n) is 5.58. The molecule has 2 fully saturated rings. The molecule has 0 heterocycles. The second-order valence-corrected chi connectivity index (χ2v) is 12.8. The smallest absolute Gasteiger partial charge is 0.192 e. The van der Waals surface area contributed by atoms with Crippen LogP contribution in [0, 0.1) is 23.2 Å². The minimum Gasteiger partial charge on any atom is -0.414 e. The van der Waals surface area contributed by atoms with Gasteiger partial charge in [0.2, 0.25) is 0 Å². The van der Waals surface area contributed by atoms with Gasteiger partial charge in [0, 0.05) is 12.0 Å². The fourth-order valence-corrected chi connectivity index (χ4v) is 8.51. The van der Waals surface area contributed by atoms with Gasteiger partial charge in [-0.1, -0.05) is 41.0 Å². The molecule has 0 aromatic rings. The SMILES string of the molecule is CC[Si](CC)(CC)O[C@H]1CCCC2(C)[C@@H]([C@@H](C)C=O)CC[C@@H]12. The predicted octanol–water partition coefficient (Wildman–Crippen LogP) is 5.43. The summed E-state index contributed by atoms with van der Waals surface area (Å²) in [6.45, 7) is 11.6. The summed E-state index contributed by atoms with van der Waals surface area (Å²) in [6, 6.07) is 3.73. The van der Waals surface area contributed by atoms with E-state index in [-0.39, 0.29) is 5.92 Å². The summed E-state index contributed by atoms with van der Waals surface area (Å²) >= 11 is 0. The predicted molar refractivity (Wildman–Crippen MR) is 95.5 cm³/mol. The highest BCUT2D eigenvalue weighted by Gasteiger charge is 2.53. The van der Waals surface area contributed by atoms with Crippen molar-refractivity contribution in [3.8, 4) is 0 Å². The molecule has 2 aliphatic rings. The first-order chi connectivity index (χ1) is 10.5. The first-order valence-electron chi connectivity index (χ1n) is 9.59. The molecule has 2 aliphatic carbocycles. The molecule has 0 N–H and O–H groups in total. The third-order valence-corrected chi connectivity index (χ3v) is 12.0. The van der Waals surface area contributed by atoms with E-state index in [0.717, 1.165) is 0 Å². The lowest BCUT2D eigenvalue weighted by Gasteiger charge is -2.48. The lowest BCUT2D eigenvalue weighted by atomic mass is 9.62. The summed E-state index contributed by atoms with van der Waals surface area (Å²) in [5.41, 5.74) is 0.332. The van der Waals surface area contributed by atoms with Gasteiger partial charge in [-0.2, -0.15) is 0 Å². The Balaban J connectivity index is 2.17. The Morgan fingerprint density at radius 3 is 2.36 bits per heavy atom. The molecule has 22 heavy (non-hydrogen) atoms. The van der Waals surface area contributed by atoms with E-state index in [9.17, 15) is 4.79 Å². The molecule has 128 valence electrons. The molecule has 0 saturated heterocycles. The van der Waals surface area contributed by atoms with Crippen LogP contribution in [0.3, 0.4) is 0 Å². The summed E-state index contributed by atoms with van der Waals surface area (Å²) in [4.78, 5) is 11.3. The van der Waals surface area contributed by atoms with Gasteiger partial charge in [0.15, 0.2) is 8.32 Å². The zero-order valence-electron chi connectivity index (χ0n) is 15.4. The maximum Gasteiger partial charge on any atom is 0.192 e. The molecule has 2 nitrogen and oxygen atoms in total. The quantitative estimate of drug-likeness (QED) is 0.461. The fraction of sp³-hybridized carbons (Fsp3) is 0.947. The Labute approximate surface area is 138 Å². The van der Waals surface area contributed by atoms with Crippen LogP contribution in [-0.4, -0.2) is 20.7 Å². The Bertz CT molecular complexity index is 371. The van der Waals surface area contributed by atoms with E-state index >= 15 is 0 Å². The highest BCUT2D eigenvalue weighted by Crippen LogP contribution is 2.58. The molecule has 0 aromatic carbocycles. The van der Waals surface area contributed by atoms with Gasteiger partial charge in [-0.3, -0.25) is 0 Å². The molecule has 2 saturated carbocycles. The van der Waals surface area contributed by atoms with Gasteiger partial charge in [0.25, 0.3) is 0 Å². The number of aldehydes is 1. The Hall–Kier alpha value is -0.153. The first kappa shape index (κ1) is 18.2. The van der Waals surface area contributed by atoms with Crippen LogP contribution in [0.1, 0.15) is 66.7 Å². The maximum absolute atomic E-state index is 11.3. The lowest BCUT2D eigenvalue weighted by molar-refractivity contribution is -0.114. The molecule has 2 rings (SSSR count). The van der Waals surface area contributed by atoms with Crippen LogP contribution < -0.4 is 0 Å². The zero-order valence-corrected chi connectivity index (χ0v) is 16.4. The third-order valence-electron chi connectivity index (χ3n) is 7.32. The average Bonchev–Trinajstić information content (AvgIpc) is 2.90. The van der Waals surface area contributed by atoms with Crippen LogP contribution in [0.2, 0.25) is 18.1 Å². The van der Waals surface area contributed by atoms with Gasteiger partial charge in [-0.15, -0.1) is 0 Å². The van der Waals surface area contributed by atoms with Crippen LogP contribution in [0.15, 0.2) is 0 Å². The maximum atomic E-state index is 11.3. The van der Waals surface area contributed by atoms with Crippen LogP contribution >= 0.6 is 0 Å². The molecule has 0 spiro atoms. The average molecular weight is 325 g/mol. The molecule has 0 radical (unpaired) electrons. The number of carbonyl (C=O) groups excluding carboxylic acids is 1. The van der Waals surface area contributed by atoms with Crippen LogP contribution in [0.4, 0.5) is 0 Å². The van der Waals surface area contributed by atoms with E-state index in [1.165, 1.54) is 56.5 Å². The van der Waals surface area contributed by atoms with Crippen molar-refractivity contribution in [3.05, 3.63) is 0 Å². The Kier molecular flexibility index (Phi) is 5.93. The van der Waals surface area contributed by atoms with Crippen molar-refractivity contribution in [1.29, 1.82) is 0 Å². The minimum atomic E-state index is -1.52. The van der Waals surface area contributed by atoms with Crippen molar-refractivity contribution in [3.63, 3.8) is 0 Å². The number of rotatable bonds is 7. The van der Waals surface area contributed by atoms with Crippen molar-refractivity contribution in [1.82, 2.24) is 0 Å². The van der Waals surface area contributed by atoms with Crippen molar-refractivity contribution < 1.29 is 9.22 Å². The summed E-state index contributed by atoms with van der Waals surface area (Å²) in [6.07, 6.45) is 7.96. The second kappa shape index (κ2) is 7.17. The highest BCUT2D eigenvalue weighted by atomic mass is 28.4. The summed E-state index contributed by atoms with van der Waals surface area (Å²) < 4.78 is 6.92. The van der Waals surface area contributed by atoms with Crippen molar-refractivity contribution >= 4 is 14.6 Å². The number of carbonyl (C=O) groups is 1. The van der Waals surface area contributed by atoms with Gasteiger partial charge in [-0.25, -0.2) is 0 Å². The Morgan fingerprint density at radius 1 is 1.18 bits per heavy atom. The highest BCUT2D eigenvalue weighted by molar-refractivity contribution is 6.73. The van der Waals surface area contributed by atoms with E-state index in [2.05, 4.69) is 34.6 Å². The summed E-state index contributed by atoms with van der Waals surface area (Å²) in [5, 5.41) is 0. The number of fused-ring (bicyclic) bond motifs is 1. The van der Waals surface area contributed by atoms with Crippen LogP contribution in [-0.2, 0) is 9.22 Å². The molecule has 5 atom stereocenters. The largest absolute Gasteiger partial charge is 0.414 e. The minimum absolute atomic E-state index is 0.208. The van der Waals surface area contributed by atoms with E-state index in [1.54, 1.807) is 0 Å². The number of hydrogen-bond acceptors (Lipinski definition) is 2. The normalized spacial score (nSPS) is 36.9. The molecule has 0 amide bonds. The van der Waals surface area contributed by atoms with Gasteiger partial charge in [0.1, 0.15) is 6.29 Å². The van der Waals surface area contributed by atoms with Crippen molar-refractivity contribution in [2.75, 3.05) is 0 Å². The molecular weight excluding hydrogens is 288 g/mol. The van der Waals surface area contributed by atoms with Crippen molar-refractivity contribution in [2.45, 2.75) is 91.0 Å². The molecule has 0 aromatic heterocycles. The second-order valence-electron chi connectivity index (χ2n) is 8.08. The van der Waals surface area contributed by atoms with Crippen molar-refractivity contribution in [2.24, 2.45) is 23.2 Å². The summed E-state index contributed by atoms with van der Waals surface area (Å²) in [7, 11) is -1.52. The van der Waals surface area contributed by atoms with Gasteiger partial charge >= 0.3 is 0 Å². The monoisotopic (exact) mass is 324 g/mol. The number of hydrogen-bond donors (Lipinski definition) is 0. The Morgan fingerprint density at radius 2 is 1.82 bits per heavy atom. The van der Waals surface area contributed by atoms with E-state index in [1.807, 2.05) is 0 Å². The van der Waals surface area contributed by atoms with Gasteiger partial charge in [0.05, 0.1) is 0 Å². The molecular formula is C19H36O2Si. The third kappa shape index (κ3) is 3.08. The first-order valence-corrected chi connectivity index (χ1v) is 12.1. The molecule has 0 bridgehead atoms. The summed E-state index contributed by atoms with van der Waals surface area (Å²) in [5.74, 6) is 1.46. The van der Waals surface area contributed by atoms with E-state index < -0.39 is 8.32 Å². The molecule has 0 aliphatic heterocycles. The van der Waals surface area contributed by atoms with Gasteiger partial charge < -0.3 is 9.22 Å².